The van der Waals surface area contributed by atoms with E-state index in [-0.39, 0.29) is 0 Å². The van der Waals surface area contributed by atoms with E-state index in [9.17, 15) is 0 Å². The van der Waals surface area contributed by atoms with Crippen LogP contribution in [-0.2, 0) is 6.42 Å². The lowest BCUT2D eigenvalue weighted by atomic mass is 10.0. The van der Waals surface area contributed by atoms with Crippen LogP contribution in [0, 0.1) is 11.8 Å². The summed E-state index contributed by atoms with van der Waals surface area (Å²) in [4.78, 5) is 1.40. The Balaban J connectivity index is 2.13. The highest BCUT2D eigenvalue weighted by molar-refractivity contribution is 7.16. The Morgan fingerprint density at radius 2 is 2.06 bits per heavy atom. The number of hydrogen-bond acceptors (Lipinski definition) is 2. The molecular formula is C13H22ClNS. The number of thiophene rings is 1. The van der Waals surface area contributed by atoms with Gasteiger partial charge in [0.1, 0.15) is 0 Å². The second-order valence-electron chi connectivity index (χ2n) is 4.90. The molecule has 0 aliphatic rings. The van der Waals surface area contributed by atoms with Gasteiger partial charge in [0.25, 0.3) is 0 Å². The molecule has 1 aromatic heterocycles. The lowest BCUT2D eigenvalue weighted by molar-refractivity contribution is 0.476. The van der Waals surface area contributed by atoms with Crippen LogP contribution in [0.1, 0.15) is 32.1 Å². The molecule has 0 aromatic carbocycles. The summed E-state index contributed by atoms with van der Waals surface area (Å²) in [6.45, 7) is 9.04. The molecule has 16 heavy (non-hydrogen) atoms. The van der Waals surface area contributed by atoms with Crippen molar-refractivity contribution in [1.82, 2.24) is 5.32 Å². The molecular weight excluding hydrogens is 238 g/mol. The highest BCUT2D eigenvalue weighted by Crippen LogP contribution is 2.24. The van der Waals surface area contributed by atoms with E-state index in [0.717, 1.165) is 35.7 Å². The highest BCUT2D eigenvalue weighted by Gasteiger charge is 2.05. The van der Waals surface area contributed by atoms with Crippen molar-refractivity contribution in [3.8, 4) is 0 Å². The Hall–Kier alpha value is -0.0500. The van der Waals surface area contributed by atoms with Crippen molar-refractivity contribution in [2.45, 2.75) is 33.6 Å². The zero-order valence-corrected chi connectivity index (χ0v) is 12.0. The third kappa shape index (κ3) is 5.88. The fourth-order valence-corrected chi connectivity index (χ4v) is 2.90. The smallest absolute Gasteiger partial charge is 0.0931 e. The van der Waals surface area contributed by atoms with Gasteiger partial charge in [-0.1, -0.05) is 32.4 Å². The van der Waals surface area contributed by atoms with Gasteiger partial charge in [-0.25, -0.2) is 0 Å². The maximum absolute atomic E-state index is 5.91. The average molecular weight is 260 g/mol. The van der Waals surface area contributed by atoms with Gasteiger partial charge in [-0.15, -0.1) is 11.3 Å². The molecule has 0 bridgehead atoms. The van der Waals surface area contributed by atoms with Gasteiger partial charge in [0, 0.05) is 4.88 Å². The number of hydrogen-bond donors (Lipinski definition) is 1. The molecule has 0 spiro atoms. The molecule has 0 radical (unpaired) electrons. The van der Waals surface area contributed by atoms with Gasteiger partial charge in [0.2, 0.25) is 0 Å². The minimum atomic E-state index is 0.731. The van der Waals surface area contributed by atoms with E-state index in [1.807, 2.05) is 6.07 Å². The SMILES string of the molecule is CC(C)CNCCC(C)Cc1ccc(Cl)s1. The van der Waals surface area contributed by atoms with E-state index < -0.39 is 0 Å². The van der Waals surface area contributed by atoms with E-state index in [4.69, 9.17) is 11.6 Å². The van der Waals surface area contributed by atoms with Gasteiger partial charge in [-0.05, 0) is 49.9 Å². The summed E-state index contributed by atoms with van der Waals surface area (Å²) in [5, 5.41) is 3.48. The molecule has 0 saturated heterocycles. The molecule has 0 fully saturated rings. The monoisotopic (exact) mass is 259 g/mol. The molecule has 1 heterocycles. The Kier molecular flexibility index (Phi) is 6.40. The van der Waals surface area contributed by atoms with Crippen LogP contribution < -0.4 is 5.32 Å². The summed E-state index contributed by atoms with van der Waals surface area (Å²) >= 11 is 7.62. The molecule has 1 nitrogen and oxygen atoms in total. The van der Waals surface area contributed by atoms with Gasteiger partial charge in [-0.2, -0.15) is 0 Å². The summed E-state index contributed by atoms with van der Waals surface area (Å²) in [6.07, 6.45) is 2.39. The molecule has 0 amide bonds. The second-order valence-corrected chi connectivity index (χ2v) is 6.70. The fourth-order valence-electron chi connectivity index (χ4n) is 1.65. The maximum atomic E-state index is 5.91. The normalized spacial score (nSPS) is 13.3. The third-order valence-corrected chi connectivity index (χ3v) is 3.80. The van der Waals surface area contributed by atoms with Gasteiger partial charge in [-0.3, -0.25) is 0 Å². The van der Waals surface area contributed by atoms with Crippen LogP contribution in [-0.4, -0.2) is 13.1 Å². The minimum absolute atomic E-state index is 0.731. The standard InChI is InChI=1S/C13H22ClNS/c1-10(2)9-15-7-6-11(3)8-12-4-5-13(14)16-12/h4-5,10-11,15H,6-9H2,1-3H3. The zero-order valence-electron chi connectivity index (χ0n) is 10.4. The first-order valence-electron chi connectivity index (χ1n) is 6.03. The van der Waals surface area contributed by atoms with Crippen molar-refractivity contribution < 1.29 is 0 Å². The summed E-state index contributed by atoms with van der Waals surface area (Å²) in [5.74, 6) is 1.47. The first-order valence-corrected chi connectivity index (χ1v) is 7.22. The Morgan fingerprint density at radius 3 is 2.62 bits per heavy atom. The van der Waals surface area contributed by atoms with Crippen molar-refractivity contribution >= 4 is 22.9 Å². The van der Waals surface area contributed by atoms with Crippen molar-refractivity contribution in [3.63, 3.8) is 0 Å². The predicted molar refractivity (Wildman–Crippen MR) is 74.5 cm³/mol. The first kappa shape index (κ1) is 14.0. The van der Waals surface area contributed by atoms with Gasteiger partial charge in [0.05, 0.1) is 4.34 Å². The van der Waals surface area contributed by atoms with E-state index in [2.05, 4.69) is 32.2 Å². The Morgan fingerprint density at radius 1 is 1.31 bits per heavy atom. The van der Waals surface area contributed by atoms with E-state index >= 15 is 0 Å². The lowest BCUT2D eigenvalue weighted by Crippen LogP contribution is -2.22. The van der Waals surface area contributed by atoms with Crippen molar-refractivity contribution in [3.05, 3.63) is 21.3 Å². The lowest BCUT2D eigenvalue weighted by Gasteiger charge is -2.12. The molecule has 0 saturated carbocycles. The largest absolute Gasteiger partial charge is 0.316 e. The summed E-state index contributed by atoms with van der Waals surface area (Å²) < 4.78 is 0.903. The summed E-state index contributed by atoms with van der Waals surface area (Å²) in [5.41, 5.74) is 0. The quantitative estimate of drug-likeness (QED) is 0.723. The molecule has 1 unspecified atom stereocenters. The van der Waals surface area contributed by atoms with Gasteiger partial charge >= 0.3 is 0 Å². The predicted octanol–water partition coefficient (Wildman–Crippen LogP) is 4.22. The maximum Gasteiger partial charge on any atom is 0.0931 e. The third-order valence-electron chi connectivity index (χ3n) is 2.55. The van der Waals surface area contributed by atoms with Crippen LogP contribution in [0.3, 0.4) is 0 Å². The Labute approximate surface area is 108 Å². The number of nitrogens with one attached hydrogen (secondary N) is 1. The van der Waals surface area contributed by atoms with Gasteiger partial charge in [0.15, 0.2) is 0 Å². The van der Waals surface area contributed by atoms with Gasteiger partial charge < -0.3 is 5.32 Å². The molecule has 1 atom stereocenters. The molecule has 1 aromatic rings. The average Bonchev–Trinajstić information content (AvgIpc) is 2.58. The van der Waals surface area contributed by atoms with Crippen molar-refractivity contribution in [2.24, 2.45) is 11.8 Å². The molecule has 1 N–H and O–H groups in total. The van der Waals surface area contributed by atoms with Crippen LogP contribution >= 0.6 is 22.9 Å². The van der Waals surface area contributed by atoms with Crippen LogP contribution in [0.4, 0.5) is 0 Å². The summed E-state index contributed by atoms with van der Waals surface area (Å²) in [7, 11) is 0. The summed E-state index contributed by atoms with van der Waals surface area (Å²) in [6, 6.07) is 4.14. The molecule has 0 aliphatic heterocycles. The first-order chi connectivity index (χ1) is 7.58. The molecule has 3 heteroatoms. The minimum Gasteiger partial charge on any atom is -0.316 e. The topological polar surface area (TPSA) is 12.0 Å². The van der Waals surface area contributed by atoms with Crippen LogP contribution in [0.2, 0.25) is 4.34 Å². The zero-order chi connectivity index (χ0) is 12.0. The highest BCUT2D eigenvalue weighted by atomic mass is 35.5. The van der Waals surface area contributed by atoms with E-state index in [1.165, 1.54) is 11.3 Å². The second kappa shape index (κ2) is 7.31. The van der Waals surface area contributed by atoms with Crippen LogP contribution in [0.15, 0.2) is 12.1 Å². The van der Waals surface area contributed by atoms with E-state index in [0.29, 0.717) is 0 Å². The fraction of sp³-hybridized carbons (Fsp3) is 0.692. The number of rotatable bonds is 7. The van der Waals surface area contributed by atoms with Crippen LogP contribution in [0.25, 0.3) is 0 Å². The molecule has 92 valence electrons. The Bertz CT molecular complexity index is 296. The molecule has 0 aliphatic carbocycles. The van der Waals surface area contributed by atoms with E-state index in [1.54, 1.807) is 11.3 Å². The van der Waals surface area contributed by atoms with Crippen molar-refractivity contribution in [1.29, 1.82) is 0 Å². The van der Waals surface area contributed by atoms with Crippen LogP contribution in [0.5, 0.6) is 0 Å². The van der Waals surface area contributed by atoms with Crippen molar-refractivity contribution in [2.75, 3.05) is 13.1 Å². The number of halogens is 1. The molecule has 1 rings (SSSR count).